The van der Waals surface area contributed by atoms with E-state index in [0.29, 0.717) is 10.9 Å². The van der Waals surface area contributed by atoms with Crippen LogP contribution in [-0.2, 0) is 0 Å². The first-order valence-electron chi connectivity index (χ1n) is 6.63. The van der Waals surface area contributed by atoms with E-state index in [2.05, 4.69) is 10.2 Å². The highest BCUT2D eigenvalue weighted by Crippen LogP contribution is 2.31. The maximum atomic E-state index is 14.1. The summed E-state index contributed by atoms with van der Waals surface area (Å²) in [5, 5.41) is 25.3. The van der Waals surface area contributed by atoms with Gasteiger partial charge >= 0.3 is 11.9 Å². The minimum atomic E-state index is -1.27. The second-order valence-corrected chi connectivity index (χ2v) is 5.06. The van der Waals surface area contributed by atoms with E-state index in [1.165, 1.54) is 31.3 Å². The quantitative estimate of drug-likeness (QED) is 0.689. The van der Waals surface area contributed by atoms with Gasteiger partial charge in [0, 0.05) is 5.39 Å². The Morgan fingerprint density at radius 1 is 1.17 bits per heavy atom. The molecule has 0 atom stereocenters. The van der Waals surface area contributed by atoms with Crippen molar-refractivity contribution in [2.75, 3.05) is 0 Å². The normalized spacial score (nSPS) is 10.9. The molecular formula is C16H11FN2O4. The standard InChI is InChI=1S/C16H11FN2O4/c1-7-10(15(20)21)2-3-11(13(7)16(22)23)8-4-9-6-18-19-14(9)12(17)5-8/h2-6H,1H3,(H,18,19)(H,20,21)(H,22,23). The molecule has 0 spiro atoms. The summed E-state index contributed by atoms with van der Waals surface area (Å²) in [4.78, 5) is 22.8. The van der Waals surface area contributed by atoms with E-state index in [0.717, 1.165) is 0 Å². The highest BCUT2D eigenvalue weighted by atomic mass is 19.1. The third-order valence-corrected chi connectivity index (χ3v) is 3.72. The number of carboxylic acids is 2. The maximum absolute atomic E-state index is 14.1. The fourth-order valence-electron chi connectivity index (χ4n) is 2.63. The Morgan fingerprint density at radius 2 is 1.91 bits per heavy atom. The number of nitrogens with one attached hydrogen (secondary N) is 1. The van der Waals surface area contributed by atoms with Crippen LogP contribution in [0.1, 0.15) is 26.3 Å². The number of aromatic carboxylic acids is 2. The molecule has 3 N–H and O–H groups in total. The van der Waals surface area contributed by atoms with Crippen LogP contribution in [0, 0.1) is 12.7 Å². The number of halogens is 1. The zero-order valence-corrected chi connectivity index (χ0v) is 11.9. The van der Waals surface area contributed by atoms with Gasteiger partial charge in [-0.1, -0.05) is 6.07 Å². The van der Waals surface area contributed by atoms with Crippen LogP contribution in [0.25, 0.3) is 22.0 Å². The molecule has 23 heavy (non-hydrogen) atoms. The molecule has 0 amide bonds. The Balaban J connectivity index is 2.31. The maximum Gasteiger partial charge on any atom is 0.336 e. The molecule has 0 fully saturated rings. The summed E-state index contributed by atoms with van der Waals surface area (Å²) >= 11 is 0. The number of fused-ring (bicyclic) bond motifs is 1. The monoisotopic (exact) mass is 314 g/mol. The molecule has 6 nitrogen and oxygen atoms in total. The SMILES string of the molecule is Cc1c(C(=O)O)ccc(-c2cc(F)c3[nH]ncc3c2)c1C(=O)O. The first-order valence-corrected chi connectivity index (χ1v) is 6.63. The molecule has 0 aliphatic heterocycles. The van der Waals surface area contributed by atoms with Crippen molar-refractivity contribution in [2.45, 2.75) is 6.92 Å². The molecule has 1 heterocycles. The summed E-state index contributed by atoms with van der Waals surface area (Å²) in [5.74, 6) is -3.05. The van der Waals surface area contributed by atoms with E-state index >= 15 is 0 Å². The number of rotatable bonds is 3. The fraction of sp³-hybridized carbons (Fsp3) is 0.0625. The highest BCUT2D eigenvalue weighted by molar-refractivity contribution is 6.02. The summed E-state index contributed by atoms with van der Waals surface area (Å²) in [6, 6.07) is 5.49. The Bertz CT molecular complexity index is 962. The first-order chi connectivity index (χ1) is 10.9. The zero-order chi connectivity index (χ0) is 16.7. The van der Waals surface area contributed by atoms with Gasteiger partial charge in [-0.3, -0.25) is 5.10 Å². The average molecular weight is 314 g/mol. The lowest BCUT2D eigenvalue weighted by atomic mass is 9.92. The van der Waals surface area contributed by atoms with Gasteiger partial charge in [0.2, 0.25) is 0 Å². The van der Waals surface area contributed by atoms with Crippen LogP contribution in [0.4, 0.5) is 4.39 Å². The molecule has 0 radical (unpaired) electrons. The first kappa shape index (κ1) is 14.7. The second kappa shape index (κ2) is 5.20. The number of carboxylic acid groups (broad SMARTS) is 2. The number of benzene rings is 2. The molecule has 0 saturated heterocycles. The summed E-state index contributed by atoms with van der Waals surface area (Å²) in [7, 11) is 0. The Labute approximate surface area is 129 Å². The van der Waals surface area contributed by atoms with Gasteiger partial charge in [-0.15, -0.1) is 0 Å². The summed E-state index contributed by atoms with van der Waals surface area (Å²) < 4.78 is 14.1. The molecule has 0 aliphatic carbocycles. The van der Waals surface area contributed by atoms with Gasteiger partial charge < -0.3 is 10.2 Å². The number of H-pyrrole nitrogens is 1. The lowest BCUT2D eigenvalue weighted by Crippen LogP contribution is -2.09. The van der Waals surface area contributed by atoms with E-state index in [-0.39, 0.29) is 27.8 Å². The van der Waals surface area contributed by atoms with Crippen molar-refractivity contribution < 1.29 is 24.2 Å². The molecule has 2 aromatic carbocycles. The van der Waals surface area contributed by atoms with Gasteiger partial charge in [-0.2, -0.15) is 5.10 Å². The molecule has 3 aromatic rings. The molecule has 0 aliphatic rings. The molecule has 7 heteroatoms. The van der Waals surface area contributed by atoms with Gasteiger partial charge in [0.1, 0.15) is 11.3 Å². The fourth-order valence-corrected chi connectivity index (χ4v) is 2.63. The van der Waals surface area contributed by atoms with Crippen molar-refractivity contribution in [3.05, 3.63) is 53.0 Å². The van der Waals surface area contributed by atoms with Crippen LogP contribution in [0.5, 0.6) is 0 Å². The molecule has 0 saturated carbocycles. The van der Waals surface area contributed by atoms with E-state index in [1.54, 1.807) is 6.07 Å². The van der Waals surface area contributed by atoms with Crippen molar-refractivity contribution >= 4 is 22.8 Å². The van der Waals surface area contributed by atoms with E-state index in [9.17, 15) is 19.1 Å². The van der Waals surface area contributed by atoms with Gasteiger partial charge in [-0.05, 0) is 41.8 Å². The number of hydrogen-bond acceptors (Lipinski definition) is 3. The van der Waals surface area contributed by atoms with Gasteiger partial charge in [0.25, 0.3) is 0 Å². The van der Waals surface area contributed by atoms with Crippen molar-refractivity contribution in [1.29, 1.82) is 0 Å². The van der Waals surface area contributed by atoms with Crippen LogP contribution in [0.15, 0.2) is 30.5 Å². The van der Waals surface area contributed by atoms with E-state index in [4.69, 9.17) is 5.11 Å². The van der Waals surface area contributed by atoms with Crippen molar-refractivity contribution in [3.8, 4) is 11.1 Å². The van der Waals surface area contributed by atoms with Crippen molar-refractivity contribution in [1.82, 2.24) is 10.2 Å². The lowest BCUT2D eigenvalue weighted by Gasteiger charge is -2.12. The van der Waals surface area contributed by atoms with Gasteiger partial charge in [0.05, 0.1) is 17.3 Å². The third-order valence-electron chi connectivity index (χ3n) is 3.72. The lowest BCUT2D eigenvalue weighted by molar-refractivity contribution is 0.0696. The molecule has 3 rings (SSSR count). The minimum Gasteiger partial charge on any atom is -0.478 e. The Kier molecular flexibility index (Phi) is 3.33. The minimum absolute atomic E-state index is 0.101. The predicted octanol–water partition coefficient (Wildman–Crippen LogP) is 3.07. The molecule has 1 aromatic heterocycles. The summed E-state index contributed by atoms with van der Waals surface area (Å²) in [5.41, 5.74) is 0.679. The Hall–Kier alpha value is -3.22. The number of aromatic nitrogens is 2. The van der Waals surface area contributed by atoms with Crippen molar-refractivity contribution in [3.63, 3.8) is 0 Å². The summed E-state index contributed by atoms with van der Waals surface area (Å²) in [6.45, 7) is 1.42. The smallest absolute Gasteiger partial charge is 0.336 e. The van der Waals surface area contributed by atoms with Crippen LogP contribution < -0.4 is 0 Å². The van der Waals surface area contributed by atoms with Crippen LogP contribution in [0.2, 0.25) is 0 Å². The zero-order valence-electron chi connectivity index (χ0n) is 11.9. The predicted molar refractivity (Wildman–Crippen MR) is 80.1 cm³/mol. The Morgan fingerprint density at radius 3 is 2.57 bits per heavy atom. The van der Waals surface area contributed by atoms with Crippen LogP contribution in [0.3, 0.4) is 0 Å². The van der Waals surface area contributed by atoms with Gasteiger partial charge in [-0.25, -0.2) is 14.0 Å². The van der Waals surface area contributed by atoms with Gasteiger partial charge in [0.15, 0.2) is 0 Å². The van der Waals surface area contributed by atoms with E-state index < -0.39 is 17.8 Å². The molecule has 116 valence electrons. The van der Waals surface area contributed by atoms with E-state index in [1.807, 2.05) is 0 Å². The van der Waals surface area contributed by atoms with Crippen LogP contribution in [-0.4, -0.2) is 32.3 Å². The number of aromatic amines is 1. The molecule has 0 bridgehead atoms. The second-order valence-electron chi connectivity index (χ2n) is 5.06. The molecule has 0 unspecified atom stereocenters. The van der Waals surface area contributed by atoms with Crippen LogP contribution >= 0.6 is 0 Å². The summed E-state index contributed by atoms with van der Waals surface area (Å²) in [6.07, 6.45) is 1.43. The third kappa shape index (κ3) is 2.32. The number of hydrogen-bond donors (Lipinski definition) is 3. The highest BCUT2D eigenvalue weighted by Gasteiger charge is 2.21. The largest absolute Gasteiger partial charge is 0.478 e. The number of nitrogens with zero attached hydrogens (tertiary/aromatic N) is 1. The van der Waals surface area contributed by atoms with Crippen molar-refractivity contribution in [2.24, 2.45) is 0 Å². The molecular weight excluding hydrogens is 303 g/mol. The number of carbonyl (C=O) groups is 2. The average Bonchev–Trinajstić information content (AvgIpc) is 2.94. The topological polar surface area (TPSA) is 103 Å².